The highest BCUT2D eigenvalue weighted by molar-refractivity contribution is 7.08. The van der Waals surface area contributed by atoms with Gasteiger partial charge in [-0.2, -0.15) is 0 Å². The minimum Gasteiger partial charge on any atom is -0.321 e. The Morgan fingerprint density at radius 2 is 2.06 bits per heavy atom. The maximum atomic E-state index is 12.1. The van der Waals surface area contributed by atoms with E-state index in [9.17, 15) is 4.79 Å². The SMILES string of the molecule is CCc1ccccc1NC(=O)c1snnc1CC. The lowest BCUT2D eigenvalue weighted by Gasteiger charge is -2.08. The summed E-state index contributed by atoms with van der Waals surface area (Å²) in [5, 5.41) is 6.88. The molecule has 0 bridgehead atoms. The number of aromatic nitrogens is 2. The summed E-state index contributed by atoms with van der Waals surface area (Å²) in [5.74, 6) is -0.122. The zero-order valence-electron chi connectivity index (χ0n) is 10.4. The van der Waals surface area contributed by atoms with Crippen molar-refractivity contribution in [1.29, 1.82) is 0 Å². The third-order valence-electron chi connectivity index (χ3n) is 2.74. The zero-order chi connectivity index (χ0) is 13.0. The number of nitrogens with zero attached hydrogens (tertiary/aromatic N) is 2. The summed E-state index contributed by atoms with van der Waals surface area (Å²) in [5.41, 5.74) is 2.74. The Labute approximate surface area is 110 Å². The van der Waals surface area contributed by atoms with Crippen LogP contribution < -0.4 is 5.32 Å². The molecule has 0 unspecified atom stereocenters. The van der Waals surface area contributed by atoms with Crippen LogP contribution in [-0.4, -0.2) is 15.5 Å². The van der Waals surface area contributed by atoms with Crippen molar-refractivity contribution in [2.45, 2.75) is 26.7 Å². The molecule has 0 aliphatic rings. The van der Waals surface area contributed by atoms with E-state index in [1.165, 1.54) is 0 Å². The van der Waals surface area contributed by atoms with Crippen LogP contribution in [0.4, 0.5) is 5.69 Å². The first-order valence-corrected chi connectivity index (χ1v) is 6.74. The molecule has 0 spiro atoms. The van der Waals surface area contributed by atoms with E-state index in [0.29, 0.717) is 11.3 Å². The van der Waals surface area contributed by atoms with Gasteiger partial charge in [-0.05, 0) is 36.0 Å². The zero-order valence-corrected chi connectivity index (χ0v) is 11.3. The monoisotopic (exact) mass is 261 g/mol. The first-order chi connectivity index (χ1) is 8.76. The number of hydrogen-bond donors (Lipinski definition) is 1. The standard InChI is InChI=1S/C13H15N3OS/c1-3-9-7-5-6-8-11(9)14-13(17)12-10(4-2)15-16-18-12/h5-8H,3-4H2,1-2H3,(H,14,17). The van der Waals surface area contributed by atoms with Gasteiger partial charge in [-0.15, -0.1) is 5.10 Å². The Bertz CT molecular complexity index is 551. The molecule has 1 N–H and O–H groups in total. The maximum Gasteiger partial charge on any atom is 0.269 e. The summed E-state index contributed by atoms with van der Waals surface area (Å²) in [6, 6.07) is 7.82. The van der Waals surface area contributed by atoms with E-state index < -0.39 is 0 Å². The van der Waals surface area contributed by atoms with E-state index in [4.69, 9.17) is 0 Å². The van der Waals surface area contributed by atoms with Gasteiger partial charge in [0.2, 0.25) is 0 Å². The molecule has 0 radical (unpaired) electrons. The fourth-order valence-electron chi connectivity index (χ4n) is 1.74. The average molecular weight is 261 g/mol. The summed E-state index contributed by atoms with van der Waals surface area (Å²) in [6.07, 6.45) is 1.60. The maximum absolute atomic E-state index is 12.1. The summed E-state index contributed by atoms with van der Waals surface area (Å²) >= 11 is 1.14. The van der Waals surface area contributed by atoms with E-state index in [-0.39, 0.29) is 5.91 Å². The molecule has 0 saturated heterocycles. The molecular weight excluding hydrogens is 246 g/mol. The first-order valence-electron chi connectivity index (χ1n) is 5.96. The van der Waals surface area contributed by atoms with Crippen LogP contribution in [0.15, 0.2) is 24.3 Å². The van der Waals surface area contributed by atoms with Gasteiger partial charge in [0.25, 0.3) is 5.91 Å². The number of benzene rings is 1. The Kier molecular flexibility index (Phi) is 4.04. The Morgan fingerprint density at radius 1 is 1.28 bits per heavy atom. The number of nitrogens with one attached hydrogen (secondary N) is 1. The van der Waals surface area contributed by atoms with Gasteiger partial charge >= 0.3 is 0 Å². The van der Waals surface area contributed by atoms with Gasteiger partial charge in [0.05, 0.1) is 5.69 Å². The molecule has 1 heterocycles. The minimum absolute atomic E-state index is 0.122. The van der Waals surface area contributed by atoms with Gasteiger partial charge in [0.1, 0.15) is 4.88 Å². The lowest BCUT2D eigenvalue weighted by molar-refractivity contribution is 0.102. The number of rotatable bonds is 4. The smallest absolute Gasteiger partial charge is 0.269 e. The predicted octanol–water partition coefficient (Wildman–Crippen LogP) is 2.92. The summed E-state index contributed by atoms with van der Waals surface area (Å²) < 4.78 is 3.83. The number of amides is 1. The normalized spacial score (nSPS) is 10.3. The molecular formula is C13H15N3OS. The van der Waals surface area contributed by atoms with Crippen LogP contribution in [0.5, 0.6) is 0 Å². The van der Waals surface area contributed by atoms with Crippen molar-refractivity contribution in [3.05, 3.63) is 40.4 Å². The Morgan fingerprint density at radius 3 is 2.78 bits per heavy atom. The molecule has 18 heavy (non-hydrogen) atoms. The number of para-hydroxylation sites is 1. The van der Waals surface area contributed by atoms with Crippen LogP contribution in [0.1, 0.15) is 34.8 Å². The predicted molar refractivity (Wildman–Crippen MR) is 73.1 cm³/mol. The molecule has 2 aromatic rings. The topological polar surface area (TPSA) is 54.9 Å². The van der Waals surface area contributed by atoms with E-state index in [2.05, 4.69) is 21.8 Å². The van der Waals surface area contributed by atoms with Crippen LogP contribution in [0, 0.1) is 0 Å². The van der Waals surface area contributed by atoms with Crippen molar-refractivity contribution < 1.29 is 4.79 Å². The van der Waals surface area contributed by atoms with Crippen LogP contribution >= 0.6 is 11.5 Å². The molecule has 0 aliphatic heterocycles. The number of carbonyl (C=O) groups excluding carboxylic acids is 1. The van der Waals surface area contributed by atoms with Crippen molar-refractivity contribution in [3.8, 4) is 0 Å². The molecule has 4 nitrogen and oxygen atoms in total. The number of anilines is 1. The lowest BCUT2D eigenvalue weighted by atomic mass is 10.1. The van der Waals surface area contributed by atoms with E-state index in [1.54, 1.807) is 0 Å². The fourth-order valence-corrected chi connectivity index (χ4v) is 2.39. The van der Waals surface area contributed by atoms with E-state index in [0.717, 1.165) is 34.9 Å². The van der Waals surface area contributed by atoms with Gasteiger partial charge in [-0.1, -0.05) is 36.5 Å². The molecule has 5 heteroatoms. The largest absolute Gasteiger partial charge is 0.321 e. The van der Waals surface area contributed by atoms with Crippen molar-refractivity contribution in [2.75, 3.05) is 5.32 Å². The average Bonchev–Trinajstić information content (AvgIpc) is 2.87. The second-order valence-electron chi connectivity index (χ2n) is 3.87. The van der Waals surface area contributed by atoms with Gasteiger partial charge in [-0.3, -0.25) is 4.79 Å². The highest BCUT2D eigenvalue weighted by atomic mass is 32.1. The van der Waals surface area contributed by atoms with Crippen LogP contribution in [0.25, 0.3) is 0 Å². The Hall–Kier alpha value is -1.75. The van der Waals surface area contributed by atoms with Gasteiger partial charge in [0, 0.05) is 5.69 Å². The lowest BCUT2D eigenvalue weighted by Crippen LogP contribution is -2.13. The molecule has 2 rings (SSSR count). The van der Waals surface area contributed by atoms with Crippen LogP contribution in [0.3, 0.4) is 0 Å². The van der Waals surface area contributed by atoms with Crippen molar-refractivity contribution >= 4 is 23.1 Å². The van der Waals surface area contributed by atoms with Crippen molar-refractivity contribution in [3.63, 3.8) is 0 Å². The third-order valence-corrected chi connectivity index (χ3v) is 3.51. The minimum atomic E-state index is -0.122. The molecule has 1 aromatic carbocycles. The van der Waals surface area contributed by atoms with Gasteiger partial charge in [0.15, 0.2) is 0 Å². The molecule has 1 amide bonds. The first kappa shape index (κ1) is 12.7. The summed E-state index contributed by atoms with van der Waals surface area (Å²) in [7, 11) is 0. The van der Waals surface area contributed by atoms with Crippen LogP contribution in [-0.2, 0) is 12.8 Å². The molecule has 0 fully saturated rings. The Balaban J connectivity index is 2.21. The molecule has 0 atom stereocenters. The second-order valence-corrected chi connectivity index (χ2v) is 4.62. The molecule has 94 valence electrons. The highest BCUT2D eigenvalue weighted by Gasteiger charge is 2.15. The quantitative estimate of drug-likeness (QED) is 0.920. The van der Waals surface area contributed by atoms with Gasteiger partial charge in [-0.25, -0.2) is 0 Å². The van der Waals surface area contributed by atoms with E-state index >= 15 is 0 Å². The number of aryl methyl sites for hydroxylation is 2. The molecule has 1 aromatic heterocycles. The van der Waals surface area contributed by atoms with Crippen molar-refractivity contribution in [2.24, 2.45) is 0 Å². The molecule has 0 aliphatic carbocycles. The van der Waals surface area contributed by atoms with E-state index in [1.807, 2.05) is 31.2 Å². The third kappa shape index (κ3) is 2.56. The number of carbonyl (C=O) groups is 1. The van der Waals surface area contributed by atoms with Gasteiger partial charge < -0.3 is 5.32 Å². The number of hydrogen-bond acceptors (Lipinski definition) is 4. The fraction of sp³-hybridized carbons (Fsp3) is 0.308. The van der Waals surface area contributed by atoms with Crippen LogP contribution in [0.2, 0.25) is 0 Å². The molecule has 0 saturated carbocycles. The summed E-state index contributed by atoms with van der Waals surface area (Å²) in [6.45, 7) is 4.03. The second kappa shape index (κ2) is 5.73. The highest BCUT2D eigenvalue weighted by Crippen LogP contribution is 2.18. The summed E-state index contributed by atoms with van der Waals surface area (Å²) in [4.78, 5) is 12.7. The van der Waals surface area contributed by atoms with Crippen molar-refractivity contribution in [1.82, 2.24) is 9.59 Å².